The molecule has 1 aromatic rings. The summed E-state index contributed by atoms with van der Waals surface area (Å²) in [6.07, 6.45) is 7.18. The summed E-state index contributed by atoms with van der Waals surface area (Å²) >= 11 is 0. The molecule has 0 spiro atoms. The van der Waals surface area contributed by atoms with E-state index in [0.717, 1.165) is 32.5 Å². The number of nitrogens with two attached hydrogens (primary N) is 1. The molecule has 0 unspecified atom stereocenters. The number of aromatic nitrogens is 1. The van der Waals surface area contributed by atoms with E-state index in [-0.39, 0.29) is 5.54 Å². The van der Waals surface area contributed by atoms with Crippen LogP contribution in [0.4, 0.5) is 0 Å². The van der Waals surface area contributed by atoms with E-state index < -0.39 is 0 Å². The molecule has 2 N–H and O–H groups in total. The topological polar surface area (TPSA) is 42.1 Å². The Kier molecular flexibility index (Phi) is 3.56. The van der Waals surface area contributed by atoms with Crippen LogP contribution in [-0.2, 0) is 6.42 Å². The van der Waals surface area contributed by atoms with Crippen LogP contribution in [0, 0.1) is 0 Å². The zero-order chi connectivity index (χ0) is 11.4. The molecule has 0 aromatic carbocycles. The summed E-state index contributed by atoms with van der Waals surface area (Å²) in [4.78, 5) is 6.55. The average molecular weight is 219 g/mol. The first-order valence-corrected chi connectivity index (χ1v) is 6.12. The van der Waals surface area contributed by atoms with Crippen molar-refractivity contribution in [3.8, 4) is 0 Å². The molecule has 0 saturated carbocycles. The van der Waals surface area contributed by atoms with E-state index in [4.69, 9.17) is 5.73 Å². The summed E-state index contributed by atoms with van der Waals surface area (Å²) in [6.45, 7) is 5.42. The van der Waals surface area contributed by atoms with Crippen LogP contribution in [0.15, 0.2) is 24.5 Å². The van der Waals surface area contributed by atoms with Crippen LogP contribution in [-0.4, -0.2) is 35.1 Å². The third-order valence-electron chi connectivity index (χ3n) is 3.26. The normalized spacial score (nSPS) is 19.4. The maximum Gasteiger partial charge on any atom is 0.0412 e. The first-order chi connectivity index (χ1) is 7.72. The Balaban J connectivity index is 1.70. The zero-order valence-corrected chi connectivity index (χ0v) is 10.0. The highest BCUT2D eigenvalue weighted by atomic mass is 15.2. The lowest BCUT2D eigenvalue weighted by atomic mass is 9.86. The second-order valence-corrected chi connectivity index (χ2v) is 4.93. The molecular formula is C13H21N3. The van der Waals surface area contributed by atoms with E-state index in [1.165, 1.54) is 12.0 Å². The minimum atomic E-state index is 0.101. The number of hydrogen-bond acceptors (Lipinski definition) is 3. The molecule has 3 heteroatoms. The molecule has 1 saturated heterocycles. The van der Waals surface area contributed by atoms with Crippen LogP contribution in [0.2, 0.25) is 0 Å². The monoisotopic (exact) mass is 219 g/mol. The molecule has 88 valence electrons. The smallest absolute Gasteiger partial charge is 0.0412 e. The Bertz CT molecular complexity index is 317. The molecule has 1 aromatic heterocycles. The molecule has 0 bridgehead atoms. The van der Waals surface area contributed by atoms with Crippen molar-refractivity contribution in [1.82, 2.24) is 9.88 Å². The predicted octanol–water partition coefficient (Wildman–Crippen LogP) is 1.44. The molecule has 16 heavy (non-hydrogen) atoms. The van der Waals surface area contributed by atoms with Gasteiger partial charge in [-0.1, -0.05) is 19.4 Å². The molecule has 0 aliphatic carbocycles. The van der Waals surface area contributed by atoms with Crippen molar-refractivity contribution < 1.29 is 0 Å². The Hall–Kier alpha value is -0.930. The summed E-state index contributed by atoms with van der Waals surface area (Å²) in [5, 5.41) is 0. The first kappa shape index (κ1) is 11.6. The van der Waals surface area contributed by atoms with Gasteiger partial charge in [-0.2, -0.15) is 0 Å². The number of pyridine rings is 1. The van der Waals surface area contributed by atoms with Gasteiger partial charge in [0.05, 0.1) is 0 Å². The lowest BCUT2D eigenvalue weighted by Crippen LogP contribution is -2.67. The van der Waals surface area contributed by atoms with Gasteiger partial charge < -0.3 is 5.73 Å². The van der Waals surface area contributed by atoms with Gasteiger partial charge in [0.15, 0.2) is 0 Å². The predicted molar refractivity (Wildman–Crippen MR) is 66.2 cm³/mol. The van der Waals surface area contributed by atoms with Gasteiger partial charge in [-0.3, -0.25) is 9.88 Å². The second-order valence-electron chi connectivity index (χ2n) is 4.93. The van der Waals surface area contributed by atoms with E-state index in [2.05, 4.69) is 22.9 Å². The average Bonchev–Trinajstić information content (AvgIpc) is 2.25. The minimum Gasteiger partial charge on any atom is -0.323 e. The summed E-state index contributed by atoms with van der Waals surface area (Å²) in [7, 11) is 0. The molecule has 0 atom stereocenters. The molecule has 0 amide bonds. The fraction of sp³-hybridized carbons (Fsp3) is 0.615. The first-order valence-electron chi connectivity index (χ1n) is 6.12. The molecule has 1 aliphatic rings. The lowest BCUT2D eigenvalue weighted by molar-refractivity contribution is 0.0652. The van der Waals surface area contributed by atoms with Crippen molar-refractivity contribution in [2.75, 3.05) is 19.6 Å². The van der Waals surface area contributed by atoms with E-state index in [9.17, 15) is 0 Å². The number of hydrogen-bond donors (Lipinski definition) is 1. The Labute approximate surface area is 97.7 Å². The molecule has 2 heterocycles. The standard InChI is InChI=1S/C13H21N3/c1-2-6-13(14)10-16(11-13)8-5-12-4-3-7-15-9-12/h3-4,7,9H,2,5-6,8,10-11,14H2,1H3. The Morgan fingerprint density at radius 2 is 2.31 bits per heavy atom. The van der Waals surface area contributed by atoms with E-state index in [1.54, 1.807) is 0 Å². The van der Waals surface area contributed by atoms with Gasteiger partial charge in [-0.05, 0) is 24.5 Å². The third kappa shape index (κ3) is 2.80. The van der Waals surface area contributed by atoms with Gasteiger partial charge in [0, 0.05) is 37.6 Å². The van der Waals surface area contributed by atoms with Crippen molar-refractivity contribution >= 4 is 0 Å². The fourth-order valence-electron chi connectivity index (χ4n) is 2.49. The maximum absolute atomic E-state index is 6.22. The number of rotatable bonds is 5. The minimum absolute atomic E-state index is 0.101. The summed E-state index contributed by atoms with van der Waals surface area (Å²) in [5.41, 5.74) is 7.63. The van der Waals surface area contributed by atoms with Crippen molar-refractivity contribution in [3.05, 3.63) is 30.1 Å². The molecule has 2 rings (SSSR count). The third-order valence-corrected chi connectivity index (χ3v) is 3.26. The van der Waals surface area contributed by atoms with E-state index >= 15 is 0 Å². The molecular weight excluding hydrogens is 198 g/mol. The van der Waals surface area contributed by atoms with Crippen LogP contribution >= 0.6 is 0 Å². The van der Waals surface area contributed by atoms with Crippen LogP contribution in [0.3, 0.4) is 0 Å². The summed E-state index contributed by atoms with van der Waals surface area (Å²) in [6, 6.07) is 4.13. The summed E-state index contributed by atoms with van der Waals surface area (Å²) < 4.78 is 0. The van der Waals surface area contributed by atoms with E-state index in [1.807, 2.05) is 18.5 Å². The molecule has 0 radical (unpaired) electrons. The van der Waals surface area contributed by atoms with Gasteiger partial charge in [0.25, 0.3) is 0 Å². The summed E-state index contributed by atoms with van der Waals surface area (Å²) in [5.74, 6) is 0. The van der Waals surface area contributed by atoms with Crippen molar-refractivity contribution in [2.24, 2.45) is 5.73 Å². The van der Waals surface area contributed by atoms with Gasteiger partial charge in [-0.15, -0.1) is 0 Å². The van der Waals surface area contributed by atoms with Crippen molar-refractivity contribution in [1.29, 1.82) is 0 Å². The van der Waals surface area contributed by atoms with Gasteiger partial charge in [0.1, 0.15) is 0 Å². The van der Waals surface area contributed by atoms with Crippen LogP contribution < -0.4 is 5.73 Å². The number of nitrogens with zero attached hydrogens (tertiary/aromatic N) is 2. The van der Waals surface area contributed by atoms with E-state index in [0.29, 0.717) is 0 Å². The highest BCUT2D eigenvalue weighted by Gasteiger charge is 2.37. The molecule has 1 aliphatic heterocycles. The largest absolute Gasteiger partial charge is 0.323 e. The molecule has 1 fully saturated rings. The van der Waals surface area contributed by atoms with Crippen molar-refractivity contribution in [3.63, 3.8) is 0 Å². The second kappa shape index (κ2) is 4.93. The maximum atomic E-state index is 6.22. The number of likely N-dealkylation sites (tertiary alicyclic amines) is 1. The molecule has 3 nitrogen and oxygen atoms in total. The Morgan fingerprint density at radius 1 is 1.50 bits per heavy atom. The van der Waals surface area contributed by atoms with Crippen LogP contribution in [0.5, 0.6) is 0 Å². The highest BCUT2D eigenvalue weighted by molar-refractivity contribution is 5.09. The van der Waals surface area contributed by atoms with Gasteiger partial charge >= 0.3 is 0 Å². The SMILES string of the molecule is CCCC1(N)CN(CCc2cccnc2)C1. The fourth-order valence-corrected chi connectivity index (χ4v) is 2.49. The van der Waals surface area contributed by atoms with Crippen LogP contribution in [0.25, 0.3) is 0 Å². The highest BCUT2D eigenvalue weighted by Crippen LogP contribution is 2.23. The quantitative estimate of drug-likeness (QED) is 0.814. The zero-order valence-electron chi connectivity index (χ0n) is 10.0. The van der Waals surface area contributed by atoms with Gasteiger partial charge in [0.2, 0.25) is 0 Å². The Morgan fingerprint density at radius 3 is 2.94 bits per heavy atom. The van der Waals surface area contributed by atoms with Crippen molar-refractivity contribution in [2.45, 2.75) is 31.7 Å². The lowest BCUT2D eigenvalue weighted by Gasteiger charge is -2.48. The van der Waals surface area contributed by atoms with Crippen LogP contribution in [0.1, 0.15) is 25.3 Å². The van der Waals surface area contributed by atoms with Gasteiger partial charge in [-0.25, -0.2) is 0 Å².